The van der Waals surface area contributed by atoms with Crippen molar-refractivity contribution in [3.05, 3.63) is 59.3 Å². The number of hydrogen-bond donors (Lipinski definition) is 1. The predicted octanol–water partition coefficient (Wildman–Crippen LogP) is 2.30. The van der Waals surface area contributed by atoms with E-state index in [0.717, 1.165) is 31.4 Å². The van der Waals surface area contributed by atoms with Gasteiger partial charge in [-0.2, -0.15) is 5.10 Å². The minimum Gasteiger partial charge on any atom is -1.00 e. The maximum atomic E-state index is 13.3. The van der Waals surface area contributed by atoms with E-state index in [-0.39, 0.29) is 70.3 Å². The van der Waals surface area contributed by atoms with E-state index in [1.807, 2.05) is 65.3 Å². The average Bonchev–Trinajstić information content (AvgIpc) is 3.66. The van der Waals surface area contributed by atoms with E-state index < -0.39 is 5.97 Å². The van der Waals surface area contributed by atoms with Crippen LogP contribution in [-0.4, -0.2) is 84.5 Å². The molecule has 41 heavy (non-hydrogen) atoms. The van der Waals surface area contributed by atoms with Crippen LogP contribution in [0.15, 0.2) is 42.5 Å². The van der Waals surface area contributed by atoms with Crippen LogP contribution in [0.2, 0.25) is 0 Å². The van der Waals surface area contributed by atoms with Gasteiger partial charge < -0.3 is 25.8 Å². The zero-order chi connectivity index (χ0) is 29.0. The molecule has 3 aromatic rings. The molecule has 2 aromatic carbocycles. The van der Waals surface area contributed by atoms with Crippen LogP contribution in [0.5, 0.6) is 11.5 Å². The molecule has 1 aromatic heterocycles. The number of nitrogens with zero attached hydrogens (tertiary/aromatic N) is 4. The van der Waals surface area contributed by atoms with Crippen molar-refractivity contribution in [2.45, 2.75) is 39.0 Å². The Morgan fingerprint density at radius 2 is 1.80 bits per heavy atom. The third-order valence-electron chi connectivity index (χ3n) is 7.13. The Labute approximate surface area is 286 Å². The number of aromatic nitrogens is 2. The second-order valence-corrected chi connectivity index (χ2v) is 11.0. The van der Waals surface area contributed by atoms with Crippen LogP contribution in [-0.2, 0) is 0 Å². The topological polar surface area (TPSA) is 97.1 Å². The third-order valence-corrected chi connectivity index (χ3v) is 7.13. The van der Waals surface area contributed by atoms with E-state index in [9.17, 15) is 14.7 Å². The number of carbonyl (C=O) groups excluding carboxylic acids is 1. The normalized spacial score (nSPS) is 12.8. The molecule has 0 unspecified atom stereocenters. The summed E-state index contributed by atoms with van der Waals surface area (Å²) >= 11 is 0. The van der Waals surface area contributed by atoms with E-state index in [1.165, 1.54) is 0 Å². The van der Waals surface area contributed by atoms with Gasteiger partial charge in [-0.25, -0.2) is 9.48 Å². The molecule has 0 saturated heterocycles. The minimum atomic E-state index is -1.13. The van der Waals surface area contributed by atoms with Gasteiger partial charge >= 0.3 is 57.4 Å². The van der Waals surface area contributed by atoms with Crippen molar-refractivity contribution >= 4 is 11.9 Å². The summed E-state index contributed by atoms with van der Waals surface area (Å²) in [6, 6.07) is 12.6. The van der Waals surface area contributed by atoms with Crippen molar-refractivity contribution in [3.8, 4) is 28.4 Å². The number of carboxylic acids is 1. The van der Waals surface area contributed by atoms with Crippen LogP contribution in [0.3, 0.4) is 0 Å². The smallest absolute Gasteiger partial charge is 1.00 e. The van der Waals surface area contributed by atoms with Gasteiger partial charge in [-0.05, 0) is 93.7 Å². The Hall–Kier alpha value is -2.21. The zero-order valence-electron chi connectivity index (χ0n) is 26.3. The number of ether oxygens (including phenoxy) is 2. The Kier molecular flexibility index (Phi) is 12.0. The van der Waals surface area contributed by atoms with E-state index in [0.29, 0.717) is 53.1 Å². The van der Waals surface area contributed by atoms with Gasteiger partial charge in [0.25, 0.3) is 5.91 Å². The van der Waals surface area contributed by atoms with Crippen LogP contribution in [0.4, 0.5) is 0 Å². The molecule has 1 heterocycles. The van der Waals surface area contributed by atoms with Gasteiger partial charge in [0.2, 0.25) is 0 Å². The van der Waals surface area contributed by atoms with Crippen molar-refractivity contribution in [3.63, 3.8) is 0 Å². The molecular weight excluding hydrogens is 547 g/mol. The zero-order valence-corrected chi connectivity index (χ0v) is 28.4. The summed E-state index contributed by atoms with van der Waals surface area (Å²) in [5, 5.41) is 14.4. The SMILES string of the molecule is COc1cccc(OCC2CC2)c1-c1cc(C(=O)O)nn1-c1ccc(C(=O)N(C)CCCN(C)C)cc1C(C)C.[H-].[K+]. The summed E-state index contributed by atoms with van der Waals surface area (Å²) in [5.41, 5.74) is 3.25. The van der Waals surface area contributed by atoms with Gasteiger partial charge in [-0.15, -0.1) is 0 Å². The second kappa shape index (κ2) is 14.8. The minimum absolute atomic E-state index is 0. The quantitative estimate of drug-likeness (QED) is 0.306. The molecule has 0 bridgehead atoms. The first kappa shape index (κ1) is 33.3. The molecule has 1 N–H and O–H groups in total. The number of benzene rings is 2. The summed E-state index contributed by atoms with van der Waals surface area (Å²) in [7, 11) is 7.43. The summed E-state index contributed by atoms with van der Waals surface area (Å²) in [4.78, 5) is 29.2. The number of methoxy groups -OCH3 is 1. The van der Waals surface area contributed by atoms with Gasteiger partial charge in [-0.1, -0.05) is 19.9 Å². The Morgan fingerprint density at radius 1 is 1.10 bits per heavy atom. The number of carboxylic acid groups (broad SMARTS) is 1. The summed E-state index contributed by atoms with van der Waals surface area (Å²) in [5.74, 6) is 0.560. The molecule has 10 heteroatoms. The largest absolute Gasteiger partial charge is 1.00 e. The fraction of sp³-hybridized carbons (Fsp3) is 0.452. The van der Waals surface area contributed by atoms with Gasteiger partial charge in [0.15, 0.2) is 5.69 Å². The molecule has 1 aliphatic carbocycles. The first-order valence-corrected chi connectivity index (χ1v) is 13.8. The summed E-state index contributed by atoms with van der Waals surface area (Å²) in [6.45, 7) is 6.23. The van der Waals surface area contributed by atoms with Crippen LogP contribution in [0.1, 0.15) is 66.9 Å². The van der Waals surface area contributed by atoms with Gasteiger partial charge in [0.1, 0.15) is 11.5 Å². The van der Waals surface area contributed by atoms with Gasteiger partial charge in [0.05, 0.1) is 30.7 Å². The number of aromatic carboxylic acids is 1. The second-order valence-electron chi connectivity index (χ2n) is 11.0. The number of hydrogen-bond acceptors (Lipinski definition) is 6. The maximum absolute atomic E-state index is 13.3. The molecule has 1 saturated carbocycles. The van der Waals surface area contributed by atoms with E-state index in [2.05, 4.69) is 10.00 Å². The molecule has 9 nitrogen and oxygen atoms in total. The molecule has 0 radical (unpaired) electrons. The molecular formula is C31H41KN4O5. The Morgan fingerprint density at radius 3 is 2.41 bits per heavy atom. The van der Waals surface area contributed by atoms with Crippen LogP contribution in [0.25, 0.3) is 16.9 Å². The van der Waals surface area contributed by atoms with Crippen LogP contribution < -0.4 is 60.9 Å². The molecule has 1 amide bonds. The van der Waals surface area contributed by atoms with Crippen molar-refractivity contribution in [1.82, 2.24) is 19.6 Å². The van der Waals surface area contributed by atoms with Crippen molar-refractivity contribution < 1.29 is 77.0 Å². The molecule has 0 aliphatic heterocycles. The molecule has 4 rings (SSSR count). The average molecular weight is 589 g/mol. The summed E-state index contributed by atoms with van der Waals surface area (Å²) in [6.07, 6.45) is 3.17. The molecule has 216 valence electrons. The maximum Gasteiger partial charge on any atom is 1.00 e. The Bertz CT molecular complexity index is 1370. The van der Waals surface area contributed by atoms with Crippen LogP contribution in [0, 0.1) is 5.92 Å². The van der Waals surface area contributed by atoms with Crippen LogP contribution >= 0.6 is 0 Å². The number of carbonyl (C=O) groups is 2. The van der Waals surface area contributed by atoms with E-state index in [4.69, 9.17) is 9.47 Å². The molecule has 0 spiro atoms. The van der Waals surface area contributed by atoms with Gasteiger partial charge in [-0.3, -0.25) is 4.79 Å². The third kappa shape index (κ3) is 8.21. The van der Waals surface area contributed by atoms with E-state index >= 15 is 0 Å². The first-order valence-electron chi connectivity index (χ1n) is 13.8. The monoisotopic (exact) mass is 588 g/mol. The standard InChI is InChI=1S/C31H40N4O5.K.H/c1-20(2)23-17-22(30(36)34(5)16-8-15-33(3)4)13-14-25(23)35-26(18-24(32-35)31(37)38)29-27(39-6)9-7-10-28(29)40-19-21-11-12-21;;/h7,9-10,13-14,17-18,20-21H,8,11-12,15-16,19H2,1-6H3,(H,37,38);;/q;+1;-1. The van der Waals surface area contributed by atoms with E-state index in [1.54, 1.807) is 28.8 Å². The molecule has 1 aliphatic rings. The summed E-state index contributed by atoms with van der Waals surface area (Å²) < 4.78 is 13.5. The number of amides is 1. The molecule has 1 fully saturated rings. The molecule has 0 atom stereocenters. The Balaban J connectivity index is 0.00000308. The predicted molar refractivity (Wildman–Crippen MR) is 156 cm³/mol. The van der Waals surface area contributed by atoms with Crippen molar-refractivity contribution in [1.29, 1.82) is 0 Å². The number of rotatable bonds is 13. The first-order chi connectivity index (χ1) is 19.1. The van der Waals surface area contributed by atoms with Crippen molar-refractivity contribution in [2.24, 2.45) is 5.92 Å². The van der Waals surface area contributed by atoms with Crippen molar-refractivity contribution in [2.75, 3.05) is 47.9 Å². The fourth-order valence-corrected chi connectivity index (χ4v) is 4.68. The van der Waals surface area contributed by atoms with Gasteiger partial charge in [0, 0.05) is 19.2 Å². The fourth-order valence-electron chi connectivity index (χ4n) is 4.68.